The van der Waals surface area contributed by atoms with Gasteiger partial charge in [0.05, 0.1) is 12.3 Å². The van der Waals surface area contributed by atoms with Gasteiger partial charge in [-0.05, 0) is 29.8 Å². The summed E-state index contributed by atoms with van der Waals surface area (Å²) in [4.78, 5) is 12.0. The number of nitrogens with one attached hydrogen (secondary N) is 2. The highest BCUT2D eigenvalue weighted by Crippen LogP contribution is 2.37. The number of rotatable bonds is 2. The van der Waals surface area contributed by atoms with E-state index < -0.39 is 6.04 Å². The average molecular weight is 283 g/mol. The highest BCUT2D eigenvalue weighted by molar-refractivity contribution is 5.99. The first-order valence-electron chi connectivity index (χ1n) is 6.42. The summed E-state index contributed by atoms with van der Waals surface area (Å²) >= 11 is 0. The smallest absolute Gasteiger partial charge is 0.272 e. The number of carbonyl (C=O) groups excluding carboxylic acids is 1. The predicted octanol–water partition coefficient (Wildman–Crippen LogP) is 2.64. The lowest BCUT2D eigenvalue weighted by Crippen LogP contribution is -2.21. The number of amides is 1. The maximum absolute atomic E-state index is 13.4. The van der Waals surface area contributed by atoms with Crippen molar-refractivity contribution < 1.29 is 13.6 Å². The number of carbonyl (C=O) groups is 1. The molecule has 0 bridgehead atoms. The molecule has 0 saturated heterocycles. The molecule has 4 rings (SSSR count). The quantitative estimate of drug-likeness (QED) is 0.759. The van der Waals surface area contributed by atoms with Gasteiger partial charge in [0.25, 0.3) is 5.91 Å². The number of hydrogen-bond donors (Lipinski definition) is 2. The average Bonchev–Trinajstić information content (AvgIpc) is 3.16. The minimum absolute atomic E-state index is 0.284. The highest BCUT2D eigenvalue weighted by atomic mass is 19.1. The van der Waals surface area contributed by atoms with E-state index in [4.69, 9.17) is 4.42 Å². The number of H-pyrrole nitrogens is 1. The van der Waals surface area contributed by atoms with Gasteiger partial charge in [0.2, 0.25) is 0 Å². The summed E-state index contributed by atoms with van der Waals surface area (Å²) in [7, 11) is 0. The van der Waals surface area contributed by atoms with Crippen LogP contribution in [0.4, 0.5) is 4.39 Å². The Bertz CT molecular complexity index is 823. The Morgan fingerprint density at radius 1 is 1.24 bits per heavy atom. The molecule has 6 heteroatoms. The Morgan fingerprint density at radius 3 is 2.90 bits per heavy atom. The van der Waals surface area contributed by atoms with Crippen LogP contribution in [0.25, 0.3) is 11.5 Å². The largest absolute Gasteiger partial charge is 0.463 e. The van der Waals surface area contributed by atoms with Gasteiger partial charge in [-0.1, -0.05) is 12.1 Å². The van der Waals surface area contributed by atoms with E-state index in [2.05, 4.69) is 15.5 Å². The molecule has 0 aliphatic carbocycles. The maximum Gasteiger partial charge on any atom is 0.272 e. The van der Waals surface area contributed by atoms with Crippen LogP contribution in [0.2, 0.25) is 0 Å². The zero-order valence-electron chi connectivity index (χ0n) is 10.8. The van der Waals surface area contributed by atoms with Gasteiger partial charge >= 0.3 is 0 Å². The van der Waals surface area contributed by atoms with Crippen molar-refractivity contribution in [2.75, 3.05) is 0 Å². The lowest BCUT2D eigenvalue weighted by atomic mass is 9.99. The van der Waals surface area contributed by atoms with Gasteiger partial charge < -0.3 is 9.73 Å². The minimum atomic E-state index is -0.443. The van der Waals surface area contributed by atoms with Gasteiger partial charge in [-0.3, -0.25) is 9.89 Å². The van der Waals surface area contributed by atoms with Crippen molar-refractivity contribution in [3.8, 4) is 11.5 Å². The van der Waals surface area contributed by atoms with E-state index in [1.165, 1.54) is 12.1 Å². The van der Waals surface area contributed by atoms with Crippen molar-refractivity contribution in [3.05, 3.63) is 65.3 Å². The molecule has 1 atom stereocenters. The van der Waals surface area contributed by atoms with Crippen LogP contribution < -0.4 is 5.32 Å². The molecule has 2 N–H and O–H groups in total. The van der Waals surface area contributed by atoms with Crippen LogP contribution in [0.5, 0.6) is 0 Å². The summed E-state index contributed by atoms with van der Waals surface area (Å²) in [6, 6.07) is 9.23. The Labute approximate surface area is 118 Å². The van der Waals surface area contributed by atoms with Crippen molar-refractivity contribution in [2.24, 2.45) is 0 Å². The molecule has 1 aliphatic rings. The van der Waals surface area contributed by atoms with Gasteiger partial charge in [0.15, 0.2) is 11.5 Å². The van der Waals surface area contributed by atoms with Gasteiger partial charge in [-0.25, -0.2) is 4.39 Å². The summed E-state index contributed by atoms with van der Waals surface area (Å²) in [6.45, 7) is 0. The summed E-state index contributed by atoms with van der Waals surface area (Å²) in [5, 5.41) is 9.68. The molecule has 0 radical (unpaired) electrons. The number of aromatic nitrogens is 2. The Morgan fingerprint density at radius 2 is 2.14 bits per heavy atom. The second-order valence-corrected chi connectivity index (χ2v) is 4.80. The first-order valence-corrected chi connectivity index (χ1v) is 6.42. The summed E-state index contributed by atoms with van der Waals surface area (Å²) in [6.07, 6.45) is 1.55. The van der Waals surface area contributed by atoms with E-state index in [0.717, 1.165) is 0 Å². The molecule has 0 spiro atoms. The Balaban J connectivity index is 1.88. The van der Waals surface area contributed by atoms with Crippen molar-refractivity contribution in [3.63, 3.8) is 0 Å². The van der Waals surface area contributed by atoms with E-state index in [-0.39, 0.29) is 11.7 Å². The fraction of sp³-hybridized carbons (Fsp3) is 0.0667. The topological polar surface area (TPSA) is 70.9 Å². The monoisotopic (exact) mass is 283 g/mol. The van der Waals surface area contributed by atoms with Crippen molar-refractivity contribution in [1.29, 1.82) is 0 Å². The number of benzene rings is 1. The van der Waals surface area contributed by atoms with Gasteiger partial charge in [-0.15, -0.1) is 0 Å². The standard InChI is InChI=1S/C15H10FN3O2/c16-9-4-1-3-8(7-9)12-11-13(10-5-2-6-21-10)18-19-14(11)15(20)17-12/h1-7,12H,(H,17,20)(H,18,19)/t12-/m1/s1. The molecule has 5 nitrogen and oxygen atoms in total. The second kappa shape index (κ2) is 4.31. The van der Waals surface area contributed by atoms with Crippen LogP contribution in [-0.4, -0.2) is 16.1 Å². The molecule has 0 unspecified atom stereocenters. The summed E-state index contributed by atoms with van der Waals surface area (Å²) < 4.78 is 18.8. The fourth-order valence-electron chi connectivity index (χ4n) is 2.62. The molecule has 0 fully saturated rings. The first kappa shape index (κ1) is 11.9. The number of aromatic amines is 1. The lowest BCUT2D eigenvalue weighted by molar-refractivity contribution is 0.0955. The normalized spacial score (nSPS) is 16.8. The molecular formula is C15H10FN3O2. The van der Waals surface area contributed by atoms with Crippen molar-refractivity contribution >= 4 is 5.91 Å². The van der Waals surface area contributed by atoms with Crippen LogP contribution in [-0.2, 0) is 0 Å². The van der Waals surface area contributed by atoms with Crippen LogP contribution in [0.3, 0.4) is 0 Å². The molecule has 1 amide bonds. The van der Waals surface area contributed by atoms with Gasteiger partial charge in [0.1, 0.15) is 11.5 Å². The van der Waals surface area contributed by atoms with E-state index in [9.17, 15) is 9.18 Å². The van der Waals surface area contributed by atoms with Crippen molar-refractivity contribution in [1.82, 2.24) is 15.5 Å². The fourth-order valence-corrected chi connectivity index (χ4v) is 2.62. The Hall–Kier alpha value is -2.89. The first-order chi connectivity index (χ1) is 10.2. The zero-order chi connectivity index (χ0) is 14.4. The van der Waals surface area contributed by atoms with Gasteiger partial charge in [0, 0.05) is 5.56 Å². The number of furan rings is 1. The van der Waals surface area contributed by atoms with Crippen LogP contribution in [0.1, 0.15) is 27.7 Å². The maximum atomic E-state index is 13.4. The molecule has 2 aromatic heterocycles. The summed E-state index contributed by atoms with van der Waals surface area (Å²) in [5.41, 5.74) is 2.29. The van der Waals surface area contributed by atoms with Crippen LogP contribution in [0, 0.1) is 5.82 Å². The van der Waals surface area contributed by atoms with E-state index in [1.807, 2.05) is 0 Å². The lowest BCUT2D eigenvalue weighted by Gasteiger charge is -2.12. The molecule has 21 heavy (non-hydrogen) atoms. The Kier molecular flexibility index (Phi) is 2.44. The SMILES string of the molecule is O=C1N[C@H](c2cccc(F)c2)c2c1n[nH]c2-c1ccco1. The number of hydrogen-bond acceptors (Lipinski definition) is 3. The van der Waals surface area contributed by atoms with Crippen LogP contribution >= 0.6 is 0 Å². The molecule has 3 heterocycles. The van der Waals surface area contributed by atoms with Crippen LogP contribution in [0.15, 0.2) is 47.1 Å². The van der Waals surface area contributed by atoms with E-state index in [0.29, 0.717) is 28.3 Å². The third kappa shape index (κ3) is 1.76. The molecule has 104 valence electrons. The molecule has 0 saturated carbocycles. The number of halogens is 1. The predicted molar refractivity (Wildman–Crippen MR) is 72.0 cm³/mol. The number of nitrogens with zero attached hydrogens (tertiary/aromatic N) is 1. The van der Waals surface area contributed by atoms with E-state index in [1.54, 1.807) is 30.5 Å². The third-order valence-corrected chi connectivity index (χ3v) is 3.53. The molecule has 3 aromatic rings. The zero-order valence-corrected chi connectivity index (χ0v) is 10.8. The third-order valence-electron chi connectivity index (χ3n) is 3.53. The molecular weight excluding hydrogens is 273 g/mol. The molecule has 1 aromatic carbocycles. The summed E-state index contributed by atoms with van der Waals surface area (Å²) in [5.74, 6) is -0.0480. The van der Waals surface area contributed by atoms with Crippen molar-refractivity contribution in [2.45, 2.75) is 6.04 Å². The second-order valence-electron chi connectivity index (χ2n) is 4.80. The van der Waals surface area contributed by atoms with E-state index >= 15 is 0 Å². The number of fused-ring (bicyclic) bond motifs is 1. The van der Waals surface area contributed by atoms with Gasteiger partial charge in [-0.2, -0.15) is 5.10 Å². The highest BCUT2D eigenvalue weighted by Gasteiger charge is 2.36. The molecule has 1 aliphatic heterocycles. The minimum Gasteiger partial charge on any atom is -0.463 e.